The van der Waals surface area contributed by atoms with E-state index >= 15 is 0 Å². The fraction of sp³-hybridized carbons (Fsp3) is 0.667. The van der Waals surface area contributed by atoms with Crippen LogP contribution in [0.1, 0.15) is 53.0 Å². The highest BCUT2D eigenvalue weighted by atomic mass is 32.2. The van der Waals surface area contributed by atoms with Gasteiger partial charge in [-0.25, -0.2) is 0 Å². The van der Waals surface area contributed by atoms with Crippen molar-refractivity contribution < 1.29 is 0 Å². The van der Waals surface area contributed by atoms with E-state index in [-0.39, 0.29) is 0 Å². The fourth-order valence-corrected chi connectivity index (χ4v) is 2.62. The molecule has 116 valence electrons. The number of benzene rings is 1. The molecule has 0 radical (unpaired) electrons. The van der Waals surface area contributed by atoms with Crippen LogP contribution in [0.15, 0.2) is 29.2 Å². The molecule has 20 heavy (non-hydrogen) atoms. The first-order valence-electron chi connectivity index (χ1n) is 8.13. The molecule has 0 atom stereocenters. The maximum Gasteiger partial charge on any atom is 0.0233 e. The molecular weight excluding hydrogens is 262 g/mol. The number of thioether (sulfide) groups is 1. The molecule has 1 aromatic carbocycles. The van der Waals surface area contributed by atoms with Crippen LogP contribution in [-0.4, -0.2) is 24.2 Å². The number of hydrogen-bond acceptors (Lipinski definition) is 2. The van der Waals surface area contributed by atoms with Gasteiger partial charge in [0.1, 0.15) is 0 Å². The third-order valence-corrected chi connectivity index (χ3v) is 4.19. The van der Waals surface area contributed by atoms with Crippen molar-refractivity contribution in [1.82, 2.24) is 4.90 Å². The van der Waals surface area contributed by atoms with Gasteiger partial charge >= 0.3 is 0 Å². The molecule has 0 saturated carbocycles. The van der Waals surface area contributed by atoms with Crippen LogP contribution < -0.4 is 0 Å². The molecule has 0 unspecified atom stereocenters. The summed E-state index contributed by atoms with van der Waals surface area (Å²) in [5.74, 6) is 0.926. The molecule has 1 nitrogen and oxygen atoms in total. The number of rotatable bonds is 3. The second-order valence-corrected chi connectivity index (χ2v) is 5.69. The van der Waals surface area contributed by atoms with E-state index in [0.29, 0.717) is 0 Å². The van der Waals surface area contributed by atoms with Crippen LogP contribution in [0.2, 0.25) is 0 Å². The molecule has 0 amide bonds. The topological polar surface area (TPSA) is 3.24 Å². The van der Waals surface area contributed by atoms with E-state index in [1.807, 2.05) is 39.5 Å². The van der Waals surface area contributed by atoms with Crippen LogP contribution in [0.25, 0.3) is 0 Å². The van der Waals surface area contributed by atoms with Gasteiger partial charge in [0.15, 0.2) is 0 Å². The molecule has 2 heteroatoms. The quantitative estimate of drug-likeness (QED) is 0.659. The minimum absolute atomic E-state index is 0.926. The lowest BCUT2D eigenvalue weighted by Gasteiger charge is -2.30. The van der Waals surface area contributed by atoms with Gasteiger partial charge in [0.05, 0.1) is 0 Å². The Morgan fingerprint density at radius 3 is 1.95 bits per heavy atom. The van der Waals surface area contributed by atoms with E-state index in [2.05, 4.69) is 42.3 Å². The summed E-state index contributed by atoms with van der Waals surface area (Å²) in [6.07, 6.45) is 4.85. The van der Waals surface area contributed by atoms with E-state index in [4.69, 9.17) is 0 Å². The van der Waals surface area contributed by atoms with Gasteiger partial charge in [-0.05, 0) is 55.8 Å². The van der Waals surface area contributed by atoms with Crippen molar-refractivity contribution in [3.05, 3.63) is 29.8 Å². The highest BCUT2D eigenvalue weighted by molar-refractivity contribution is 7.98. The molecule has 1 aliphatic heterocycles. The van der Waals surface area contributed by atoms with E-state index in [1.54, 1.807) is 0 Å². The minimum atomic E-state index is 0.926. The maximum atomic E-state index is 2.58. The van der Waals surface area contributed by atoms with E-state index in [0.717, 1.165) is 12.5 Å². The average Bonchev–Trinajstić information content (AvgIpc) is 2.54. The molecule has 0 bridgehead atoms. The Labute approximate surface area is 131 Å². The molecule has 0 aliphatic carbocycles. The first-order valence-corrected chi connectivity index (χ1v) is 9.35. The third-order valence-electron chi connectivity index (χ3n) is 3.44. The van der Waals surface area contributed by atoms with Crippen molar-refractivity contribution >= 4 is 11.8 Å². The molecule has 1 aromatic rings. The summed E-state index contributed by atoms with van der Waals surface area (Å²) in [6, 6.07) is 8.99. The standard InChI is InChI=1S/C14H21NS.2C2H6/c1-12-7-9-15(10-8-12)11-13-3-5-14(16-2)6-4-13;2*1-2/h3-6,12H,7-11H2,1-2H3;2*1-2H3. The largest absolute Gasteiger partial charge is 0.299 e. The molecule has 2 rings (SSSR count). The number of nitrogens with zero attached hydrogens (tertiary/aromatic N) is 1. The monoisotopic (exact) mass is 295 g/mol. The summed E-state index contributed by atoms with van der Waals surface area (Å²) in [5, 5.41) is 0. The van der Waals surface area contributed by atoms with Crippen LogP contribution >= 0.6 is 11.8 Å². The first kappa shape index (κ1) is 19.5. The Morgan fingerprint density at radius 1 is 1.00 bits per heavy atom. The summed E-state index contributed by atoms with van der Waals surface area (Å²) < 4.78 is 0. The van der Waals surface area contributed by atoms with E-state index in [9.17, 15) is 0 Å². The van der Waals surface area contributed by atoms with Crippen molar-refractivity contribution in [2.24, 2.45) is 5.92 Å². The van der Waals surface area contributed by atoms with E-state index in [1.165, 1.54) is 36.4 Å². The van der Waals surface area contributed by atoms with Gasteiger partial charge in [0.2, 0.25) is 0 Å². The summed E-state index contributed by atoms with van der Waals surface area (Å²) in [7, 11) is 0. The second kappa shape index (κ2) is 12.3. The molecule has 1 fully saturated rings. The van der Waals surface area contributed by atoms with Gasteiger partial charge in [0.25, 0.3) is 0 Å². The third kappa shape index (κ3) is 7.35. The first-order chi connectivity index (χ1) is 9.78. The maximum absolute atomic E-state index is 2.58. The van der Waals surface area contributed by atoms with Gasteiger partial charge in [0, 0.05) is 11.4 Å². The molecule has 0 spiro atoms. The van der Waals surface area contributed by atoms with Gasteiger partial charge in [-0.15, -0.1) is 11.8 Å². The van der Waals surface area contributed by atoms with Gasteiger partial charge < -0.3 is 0 Å². The van der Waals surface area contributed by atoms with Crippen LogP contribution in [0.4, 0.5) is 0 Å². The highest BCUT2D eigenvalue weighted by Crippen LogP contribution is 2.19. The normalized spacial score (nSPS) is 15.7. The molecule has 1 aliphatic rings. The number of likely N-dealkylation sites (tertiary alicyclic amines) is 1. The zero-order valence-electron chi connectivity index (χ0n) is 14.3. The van der Waals surface area contributed by atoms with Crippen molar-refractivity contribution in [1.29, 1.82) is 0 Å². The summed E-state index contributed by atoms with van der Waals surface area (Å²) >= 11 is 1.81. The predicted molar refractivity (Wildman–Crippen MR) is 94.6 cm³/mol. The lowest BCUT2D eigenvalue weighted by atomic mass is 9.99. The highest BCUT2D eigenvalue weighted by Gasteiger charge is 2.15. The summed E-state index contributed by atoms with van der Waals surface area (Å²) in [4.78, 5) is 3.93. The predicted octanol–water partition coefficient (Wildman–Crippen LogP) is 5.69. The smallest absolute Gasteiger partial charge is 0.0233 e. The fourth-order valence-electron chi connectivity index (χ4n) is 2.21. The number of hydrogen-bond donors (Lipinski definition) is 0. The summed E-state index contributed by atoms with van der Waals surface area (Å²) in [6.45, 7) is 14.0. The van der Waals surface area contributed by atoms with Crippen molar-refractivity contribution in [3.63, 3.8) is 0 Å². The average molecular weight is 296 g/mol. The Balaban J connectivity index is 0.000000829. The van der Waals surface area contributed by atoms with Crippen LogP contribution in [0.5, 0.6) is 0 Å². The summed E-state index contributed by atoms with van der Waals surface area (Å²) in [5.41, 5.74) is 1.45. The second-order valence-electron chi connectivity index (χ2n) is 4.81. The molecule has 1 heterocycles. The van der Waals surface area contributed by atoms with Gasteiger partial charge in [-0.3, -0.25) is 4.90 Å². The van der Waals surface area contributed by atoms with Crippen LogP contribution in [0.3, 0.4) is 0 Å². The van der Waals surface area contributed by atoms with Crippen LogP contribution in [0, 0.1) is 5.92 Å². The van der Waals surface area contributed by atoms with Crippen molar-refractivity contribution in [3.8, 4) is 0 Å². The molecule has 1 saturated heterocycles. The van der Waals surface area contributed by atoms with Crippen molar-refractivity contribution in [2.45, 2.75) is 58.9 Å². The van der Waals surface area contributed by atoms with Crippen LogP contribution in [-0.2, 0) is 6.54 Å². The van der Waals surface area contributed by atoms with Gasteiger partial charge in [-0.2, -0.15) is 0 Å². The Bertz CT molecular complexity index is 313. The lowest BCUT2D eigenvalue weighted by Crippen LogP contribution is -2.32. The minimum Gasteiger partial charge on any atom is -0.299 e. The zero-order chi connectivity index (χ0) is 15.4. The van der Waals surface area contributed by atoms with Gasteiger partial charge in [-0.1, -0.05) is 46.8 Å². The zero-order valence-corrected chi connectivity index (χ0v) is 15.1. The molecule has 0 N–H and O–H groups in total. The van der Waals surface area contributed by atoms with E-state index < -0.39 is 0 Å². The number of piperidine rings is 1. The SMILES string of the molecule is CC.CC.CSc1ccc(CN2CCC(C)CC2)cc1. The molecular formula is C18H33NS. The molecule has 0 aromatic heterocycles. The Hall–Kier alpha value is -0.470. The van der Waals surface area contributed by atoms with Crippen molar-refractivity contribution in [2.75, 3.05) is 19.3 Å². The lowest BCUT2D eigenvalue weighted by molar-refractivity contribution is 0.185. The Kier molecular flexibility index (Phi) is 12.0. The Morgan fingerprint density at radius 2 is 1.50 bits per heavy atom.